The fraction of sp³-hybridized carbons (Fsp3) is 0.826. The Labute approximate surface area is 183 Å². The van der Waals surface area contributed by atoms with Gasteiger partial charge in [-0.25, -0.2) is 4.79 Å². The van der Waals surface area contributed by atoms with Gasteiger partial charge in [-0.15, -0.1) is 0 Å². The van der Waals surface area contributed by atoms with E-state index in [2.05, 4.69) is 5.32 Å². The van der Waals surface area contributed by atoms with Gasteiger partial charge in [0.1, 0.15) is 5.54 Å². The van der Waals surface area contributed by atoms with Crippen molar-refractivity contribution in [3.05, 3.63) is 0 Å². The van der Waals surface area contributed by atoms with E-state index in [-0.39, 0.29) is 41.6 Å². The third-order valence-electron chi connectivity index (χ3n) is 8.59. The number of rotatable bonds is 3. The molecule has 3 aliphatic heterocycles. The van der Waals surface area contributed by atoms with Crippen LogP contribution in [-0.2, 0) is 14.4 Å². The van der Waals surface area contributed by atoms with E-state index in [4.69, 9.17) is 0 Å². The van der Waals surface area contributed by atoms with Crippen LogP contribution in [-0.4, -0.2) is 76.2 Å². The Bertz CT molecular complexity index is 804. The third-order valence-corrected chi connectivity index (χ3v) is 8.59. The highest BCUT2D eigenvalue weighted by molar-refractivity contribution is 6.07. The van der Waals surface area contributed by atoms with Crippen molar-refractivity contribution in [2.75, 3.05) is 26.2 Å². The van der Waals surface area contributed by atoms with E-state index < -0.39 is 5.54 Å². The van der Waals surface area contributed by atoms with Gasteiger partial charge >= 0.3 is 6.03 Å². The summed E-state index contributed by atoms with van der Waals surface area (Å²) < 4.78 is 0. The molecule has 0 aromatic carbocycles. The highest BCUT2D eigenvalue weighted by Gasteiger charge is 2.62. The molecule has 0 aromatic rings. The number of urea groups is 1. The molecular weight excluding hydrogens is 396 g/mol. The third kappa shape index (κ3) is 3.24. The van der Waals surface area contributed by atoms with E-state index in [9.17, 15) is 19.2 Å². The molecule has 3 saturated heterocycles. The smallest absolute Gasteiger partial charge is 0.325 e. The number of imide groups is 1. The second-order valence-corrected chi connectivity index (χ2v) is 10.7. The van der Waals surface area contributed by atoms with Crippen LogP contribution in [0, 0.1) is 17.3 Å². The Morgan fingerprint density at radius 2 is 1.61 bits per heavy atom. The maximum atomic E-state index is 13.3. The first-order valence-electron chi connectivity index (χ1n) is 12.0. The molecule has 170 valence electrons. The minimum absolute atomic E-state index is 0.0675. The molecule has 2 saturated carbocycles. The lowest BCUT2D eigenvalue weighted by molar-refractivity contribution is -0.142. The van der Waals surface area contributed by atoms with Crippen LogP contribution in [0.1, 0.15) is 65.2 Å². The largest absolute Gasteiger partial charge is 0.342 e. The number of nitrogens with one attached hydrogen (secondary N) is 1. The van der Waals surface area contributed by atoms with Crippen LogP contribution in [0.4, 0.5) is 4.79 Å². The Morgan fingerprint density at radius 3 is 2.13 bits per heavy atom. The lowest BCUT2D eigenvalue weighted by Gasteiger charge is -2.39. The van der Waals surface area contributed by atoms with Crippen molar-refractivity contribution in [3.8, 4) is 0 Å². The molecule has 2 aliphatic carbocycles. The molecule has 5 aliphatic rings. The number of piperidine rings is 2. The zero-order chi connectivity index (χ0) is 22.0. The van der Waals surface area contributed by atoms with Gasteiger partial charge in [0.2, 0.25) is 11.8 Å². The van der Waals surface area contributed by atoms with Crippen LogP contribution in [0.2, 0.25) is 0 Å². The van der Waals surface area contributed by atoms with Gasteiger partial charge in [0.25, 0.3) is 5.91 Å². The molecule has 8 heteroatoms. The number of amides is 5. The quantitative estimate of drug-likeness (QED) is 0.691. The normalized spacial score (nSPS) is 29.5. The summed E-state index contributed by atoms with van der Waals surface area (Å²) in [6.07, 6.45) is 6.94. The minimum Gasteiger partial charge on any atom is -0.342 e. The van der Waals surface area contributed by atoms with Gasteiger partial charge < -0.3 is 15.1 Å². The molecule has 5 rings (SSSR count). The number of nitrogens with zero attached hydrogens (tertiary/aromatic N) is 3. The van der Waals surface area contributed by atoms with Gasteiger partial charge in [-0.1, -0.05) is 20.3 Å². The van der Waals surface area contributed by atoms with Crippen LogP contribution in [0.15, 0.2) is 0 Å². The van der Waals surface area contributed by atoms with Gasteiger partial charge in [0.15, 0.2) is 0 Å². The summed E-state index contributed by atoms with van der Waals surface area (Å²) in [4.78, 5) is 56.4. The van der Waals surface area contributed by atoms with Gasteiger partial charge in [-0.3, -0.25) is 19.3 Å². The minimum atomic E-state index is -0.873. The lowest BCUT2D eigenvalue weighted by atomic mass is 9.79. The first-order valence-corrected chi connectivity index (χ1v) is 12.0. The molecule has 5 amide bonds. The molecule has 0 bridgehead atoms. The van der Waals surface area contributed by atoms with Gasteiger partial charge in [-0.05, 0) is 50.4 Å². The molecular formula is C23H34N4O4. The standard InChI is InChI=1S/C23H34N4O4/c1-15(2)18(28)26-12-8-23(9-13-26)20(30)27(21(31)24-23)16-4-10-25(11-5-16)19(29)17-14-22(17)6-3-7-22/h15-17H,3-14H2,1-2H3,(H,24,31). The molecule has 1 unspecified atom stereocenters. The predicted molar refractivity (Wildman–Crippen MR) is 113 cm³/mol. The molecule has 1 atom stereocenters. The van der Waals surface area contributed by atoms with E-state index in [1.165, 1.54) is 24.2 Å². The fourth-order valence-electron chi connectivity index (χ4n) is 6.23. The number of hydrogen-bond donors (Lipinski definition) is 1. The van der Waals surface area contributed by atoms with Crippen molar-refractivity contribution >= 4 is 23.8 Å². The molecule has 3 heterocycles. The topological polar surface area (TPSA) is 90.0 Å². The summed E-state index contributed by atoms with van der Waals surface area (Å²) in [5.41, 5.74) is -0.542. The van der Waals surface area contributed by atoms with E-state index in [0.717, 1.165) is 6.42 Å². The maximum Gasteiger partial charge on any atom is 0.325 e. The maximum absolute atomic E-state index is 13.3. The SMILES string of the molecule is CC(C)C(=O)N1CCC2(CC1)NC(=O)N(C1CCN(C(=O)C3CC34CCC4)CC1)C2=O. The number of carbonyl (C=O) groups excluding carboxylic acids is 4. The molecule has 2 spiro atoms. The van der Waals surface area contributed by atoms with E-state index >= 15 is 0 Å². The highest BCUT2D eigenvalue weighted by Crippen LogP contribution is 2.66. The van der Waals surface area contributed by atoms with Gasteiger partial charge in [-0.2, -0.15) is 0 Å². The monoisotopic (exact) mass is 430 g/mol. The summed E-state index contributed by atoms with van der Waals surface area (Å²) in [5, 5.41) is 2.96. The van der Waals surface area contributed by atoms with E-state index in [0.29, 0.717) is 57.3 Å². The number of hydrogen-bond acceptors (Lipinski definition) is 4. The van der Waals surface area contributed by atoms with Crippen LogP contribution in [0.3, 0.4) is 0 Å². The lowest BCUT2D eigenvalue weighted by Crippen LogP contribution is -2.57. The summed E-state index contributed by atoms with van der Waals surface area (Å²) >= 11 is 0. The molecule has 5 fully saturated rings. The Balaban J connectivity index is 1.17. The second-order valence-electron chi connectivity index (χ2n) is 10.7. The molecule has 8 nitrogen and oxygen atoms in total. The van der Waals surface area contributed by atoms with Gasteiger partial charge in [0.05, 0.1) is 0 Å². The summed E-state index contributed by atoms with van der Waals surface area (Å²) in [6, 6.07) is -0.461. The average molecular weight is 431 g/mol. The summed E-state index contributed by atoms with van der Waals surface area (Å²) in [5.74, 6) is 0.391. The number of carbonyl (C=O) groups is 4. The van der Waals surface area contributed by atoms with Crippen molar-refractivity contribution in [2.45, 2.75) is 76.8 Å². The fourth-order valence-corrected chi connectivity index (χ4v) is 6.23. The van der Waals surface area contributed by atoms with Crippen LogP contribution < -0.4 is 5.32 Å². The number of likely N-dealkylation sites (tertiary alicyclic amines) is 2. The second kappa shape index (κ2) is 7.20. The first kappa shape index (κ1) is 20.8. The van der Waals surface area contributed by atoms with Crippen molar-refractivity contribution in [1.29, 1.82) is 0 Å². The molecule has 1 N–H and O–H groups in total. The van der Waals surface area contributed by atoms with Crippen LogP contribution in [0.25, 0.3) is 0 Å². The van der Waals surface area contributed by atoms with E-state index in [1.807, 2.05) is 18.7 Å². The summed E-state index contributed by atoms with van der Waals surface area (Å²) in [6.45, 7) is 5.99. The van der Waals surface area contributed by atoms with Crippen molar-refractivity contribution < 1.29 is 19.2 Å². The molecule has 0 radical (unpaired) electrons. The first-order chi connectivity index (χ1) is 14.8. The highest BCUT2D eigenvalue weighted by atomic mass is 16.2. The molecule has 0 aromatic heterocycles. The van der Waals surface area contributed by atoms with Gasteiger partial charge in [0, 0.05) is 44.1 Å². The van der Waals surface area contributed by atoms with Crippen molar-refractivity contribution in [2.24, 2.45) is 17.3 Å². The van der Waals surface area contributed by atoms with Crippen LogP contribution in [0.5, 0.6) is 0 Å². The zero-order valence-electron chi connectivity index (χ0n) is 18.7. The van der Waals surface area contributed by atoms with E-state index in [1.54, 1.807) is 4.90 Å². The Morgan fingerprint density at radius 1 is 0.968 bits per heavy atom. The summed E-state index contributed by atoms with van der Waals surface area (Å²) in [7, 11) is 0. The average Bonchev–Trinajstić information content (AvgIpc) is 3.46. The van der Waals surface area contributed by atoms with Crippen LogP contribution >= 0.6 is 0 Å². The zero-order valence-corrected chi connectivity index (χ0v) is 18.7. The Hall–Kier alpha value is -2.12. The Kier molecular flexibility index (Phi) is 4.83. The predicted octanol–water partition coefficient (Wildman–Crippen LogP) is 1.74. The molecule has 31 heavy (non-hydrogen) atoms. The van der Waals surface area contributed by atoms with Crippen molar-refractivity contribution in [3.63, 3.8) is 0 Å². The van der Waals surface area contributed by atoms with Crippen molar-refractivity contribution in [1.82, 2.24) is 20.0 Å².